The van der Waals surface area contributed by atoms with Crippen molar-refractivity contribution in [2.75, 3.05) is 19.8 Å². The molecule has 0 aromatic heterocycles. The van der Waals surface area contributed by atoms with E-state index in [-0.39, 0.29) is 18.5 Å². The SMILES string of the molecule is CCCCCCCCC/C=C/CC/C=C/C(O)C(COC1OC(CO)C(O)C(O)C1O)NC(=O)CCCCCCCCCCCCCCCCCCC/C=C\CCCCCCCCCCCCCCCCCCCCOC(=O)CCCCCCCCCCCCCCCCC. The number of carbonyl (C=O) groups excluding carboxylic acids is 2. The number of rotatable bonds is 75. The van der Waals surface area contributed by atoms with E-state index in [4.69, 9.17) is 14.2 Å². The quantitative estimate of drug-likeness (QED) is 0.0195. The lowest BCUT2D eigenvalue weighted by molar-refractivity contribution is -0.302. The van der Waals surface area contributed by atoms with E-state index in [1.165, 1.54) is 347 Å². The predicted molar refractivity (Wildman–Crippen MR) is 403 cm³/mol. The van der Waals surface area contributed by atoms with Crippen molar-refractivity contribution in [3.63, 3.8) is 0 Å². The molecule has 0 aromatic rings. The molecular formula is C84H159NO10. The smallest absolute Gasteiger partial charge is 0.305 e. The molecule has 0 aromatic carbocycles. The van der Waals surface area contributed by atoms with Crippen molar-refractivity contribution in [3.8, 4) is 0 Å². The number of carbonyl (C=O) groups is 2. The highest BCUT2D eigenvalue weighted by atomic mass is 16.7. The zero-order valence-electron chi connectivity index (χ0n) is 62.7. The van der Waals surface area contributed by atoms with Crippen LogP contribution in [0.3, 0.4) is 0 Å². The summed E-state index contributed by atoms with van der Waals surface area (Å²) in [5.74, 6) is -0.165. The number of esters is 1. The number of allylic oxidation sites excluding steroid dienone is 5. The maximum absolute atomic E-state index is 13.1. The molecule has 1 heterocycles. The number of unbranched alkanes of at least 4 members (excludes halogenated alkanes) is 57. The van der Waals surface area contributed by atoms with E-state index < -0.39 is 49.5 Å². The largest absolute Gasteiger partial charge is 0.466 e. The van der Waals surface area contributed by atoms with E-state index in [9.17, 15) is 35.1 Å². The molecule has 11 heteroatoms. The Morgan fingerprint density at radius 3 is 1.04 bits per heavy atom. The fraction of sp³-hybridized carbons (Fsp3) is 0.905. The summed E-state index contributed by atoms with van der Waals surface area (Å²) in [7, 11) is 0. The van der Waals surface area contributed by atoms with Crippen LogP contribution in [0.1, 0.15) is 425 Å². The van der Waals surface area contributed by atoms with Gasteiger partial charge in [-0.15, -0.1) is 0 Å². The van der Waals surface area contributed by atoms with Crippen LogP contribution in [0.2, 0.25) is 0 Å². The van der Waals surface area contributed by atoms with E-state index in [1.807, 2.05) is 6.08 Å². The van der Waals surface area contributed by atoms with Gasteiger partial charge in [0.15, 0.2) is 6.29 Å². The molecule has 95 heavy (non-hydrogen) atoms. The first-order valence-electron chi connectivity index (χ1n) is 41.8. The van der Waals surface area contributed by atoms with Gasteiger partial charge in [-0.3, -0.25) is 9.59 Å². The maximum Gasteiger partial charge on any atom is 0.305 e. The minimum absolute atomic E-state index is 0.0203. The van der Waals surface area contributed by atoms with Crippen LogP contribution in [0.15, 0.2) is 36.5 Å². The first kappa shape index (κ1) is 90.9. The minimum atomic E-state index is -1.57. The molecule has 0 saturated carbocycles. The van der Waals surface area contributed by atoms with Gasteiger partial charge in [0.2, 0.25) is 5.91 Å². The number of hydrogen-bond acceptors (Lipinski definition) is 10. The molecule has 1 saturated heterocycles. The van der Waals surface area contributed by atoms with Crippen molar-refractivity contribution < 1.29 is 49.3 Å². The van der Waals surface area contributed by atoms with Gasteiger partial charge in [-0.05, 0) is 70.6 Å². The van der Waals surface area contributed by atoms with Gasteiger partial charge in [0, 0.05) is 12.8 Å². The van der Waals surface area contributed by atoms with Crippen molar-refractivity contribution in [3.05, 3.63) is 36.5 Å². The summed E-state index contributed by atoms with van der Waals surface area (Å²) < 4.78 is 16.8. The van der Waals surface area contributed by atoms with Gasteiger partial charge in [0.25, 0.3) is 0 Å². The van der Waals surface area contributed by atoms with Crippen LogP contribution in [-0.2, 0) is 23.8 Å². The first-order valence-corrected chi connectivity index (χ1v) is 41.8. The third-order valence-electron chi connectivity index (χ3n) is 20.0. The molecule has 1 rings (SSSR count). The zero-order chi connectivity index (χ0) is 68.6. The average Bonchev–Trinajstić information content (AvgIpc) is 0.841. The topological polar surface area (TPSA) is 175 Å². The highest BCUT2D eigenvalue weighted by Gasteiger charge is 2.44. The van der Waals surface area contributed by atoms with Gasteiger partial charge < -0.3 is 45.1 Å². The third-order valence-corrected chi connectivity index (χ3v) is 20.0. The molecule has 0 bridgehead atoms. The van der Waals surface area contributed by atoms with Gasteiger partial charge in [0.05, 0.1) is 32.0 Å². The molecule has 0 aliphatic carbocycles. The highest BCUT2D eigenvalue weighted by Crippen LogP contribution is 2.24. The van der Waals surface area contributed by atoms with Crippen LogP contribution in [0, 0.1) is 0 Å². The van der Waals surface area contributed by atoms with Gasteiger partial charge >= 0.3 is 5.97 Å². The fourth-order valence-electron chi connectivity index (χ4n) is 13.5. The van der Waals surface area contributed by atoms with Crippen molar-refractivity contribution in [1.82, 2.24) is 5.32 Å². The van der Waals surface area contributed by atoms with Gasteiger partial charge in [0.1, 0.15) is 24.4 Å². The second kappa shape index (κ2) is 73.1. The second-order valence-electron chi connectivity index (χ2n) is 29.2. The molecule has 7 unspecified atom stereocenters. The molecule has 560 valence electrons. The van der Waals surface area contributed by atoms with E-state index in [2.05, 4.69) is 43.5 Å². The van der Waals surface area contributed by atoms with Crippen LogP contribution >= 0.6 is 0 Å². The monoisotopic (exact) mass is 1340 g/mol. The number of aliphatic hydroxyl groups excluding tert-OH is 5. The lowest BCUT2D eigenvalue weighted by Gasteiger charge is -2.40. The van der Waals surface area contributed by atoms with Crippen LogP contribution in [0.25, 0.3) is 0 Å². The molecule has 7 atom stereocenters. The molecular weight excluding hydrogens is 1180 g/mol. The van der Waals surface area contributed by atoms with E-state index in [0.717, 1.165) is 51.4 Å². The van der Waals surface area contributed by atoms with E-state index >= 15 is 0 Å². The maximum atomic E-state index is 13.1. The first-order chi connectivity index (χ1) is 46.7. The summed E-state index contributed by atoms with van der Waals surface area (Å²) >= 11 is 0. The molecule has 6 N–H and O–H groups in total. The number of ether oxygens (including phenoxy) is 3. The standard InChI is InChI=1S/C84H159NO10/c1-3-5-7-9-11-13-15-17-43-48-52-56-60-64-68-72-80(89)93-73-69-65-61-57-53-49-45-42-40-38-36-34-32-30-28-26-24-22-20-18-19-21-23-25-27-29-31-33-35-37-39-41-44-47-51-55-59-63-67-71-79(88)85-76(75-94-84-83(92)82(91)81(90)78(74-86)95-84)77(87)70-66-62-58-54-50-46-16-14-12-10-8-6-4-2/h18-19,50,54,66,70,76-78,81-84,86-87,90-92H,3-17,20-49,51-53,55-65,67-69,71-75H2,1-2H3,(H,85,88)/b19-18-,54-50+,70-66+. The Morgan fingerprint density at radius 2 is 0.684 bits per heavy atom. The molecule has 1 amide bonds. The Kier molecular flexibility index (Phi) is 69.9. The minimum Gasteiger partial charge on any atom is -0.466 e. The molecule has 1 fully saturated rings. The molecule has 1 aliphatic heterocycles. The van der Waals surface area contributed by atoms with Crippen molar-refractivity contribution in [2.24, 2.45) is 0 Å². The van der Waals surface area contributed by atoms with Gasteiger partial charge in [-0.25, -0.2) is 0 Å². The third kappa shape index (κ3) is 61.5. The van der Waals surface area contributed by atoms with E-state index in [0.29, 0.717) is 19.4 Å². The van der Waals surface area contributed by atoms with Gasteiger partial charge in [-0.1, -0.05) is 378 Å². The summed E-state index contributed by atoms with van der Waals surface area (Å²) in [6.07, 6.45) is 86.3. The Labute approximate surface area is 587 Å². The second-order valence-corrected chi connectivity index (χ2v) is 29.2. The summed E-state index contributed by atoms with van der Waals surface area (Å²) in [6, 6.07) is -0.824. The van der Waals surface area contributed by atoms with Crippen LogP contribution in [-0.4, -0.2) is 100 Å². The molecule has 1 aliphatic rings. The summed E-state index contributed by atoms with van der Waals surface area (Å²) in [4.78, 5) is 25.2. The molecule has 11 nitrogen and oxygen atoms in total. The Morgan fingerprint density at radius 1 is 0.379 bits per heavy atom. The summed E-state index contributed by atoms with van der Waals surface area (Å²) in [5, 5.41) is 54.5. The summed E-state index contributed by atoms with van der Waals surface area (Å²) in [6.45, 7) is 4.38. The van der Waals surface area contributed by atoms with Gasteiger partial charge in [-0.2, -0.15) is 0 Å². The lowest BCUT2D eigenvalue weighted by Crippen LogP contribution is -2.60. The fourth-order valence-corrected chi connectivity index (χ4v) is 13.5. The Hall–Kier alpha value is -2.12. The number of nitrogens with one attached hydrogen (secondary N) is 1. The van der Waals surface area contributed by atoms with E-state index in [1.54, 1.807) is 6.08 Å². The Bertz CT molecular complexity index is 1670. The Balaban J connectivity index is 1.88. The number of hydrogen-bond donors (Lipinski definition) is 6. The average molecular weight is 1340 g/mol. The summed E-state index contributed by atoms with van der Waals surface area (Å²) in [5.41, 5.74) is 0. The number of amides is 1. The molecule has 0 spiro atoms. The van der Waals surface area contributed by atoms with Crippen LogP contribution in [0.4, 0.5) is 0 Å². The molecule has 0 radical (unpaired) electrons. The van der Waals surface area contributed by atoms with Crippen LogP contribution in [0.5, 0.6) is 0 Å². The normalized spacial score (nSPS) is 17.5. The number of aliphatic hydroxyl groups is 5. The highest BCUT2D eigenvalue weighted by molar-refractivity contribution is 5.76. The van der Waals surface area contributed by atoms with Crippen molar-refractivity contribution in [2.45, 2.75) is 468 Å². The van der Waals surface area contributed by atoms with Crippen molar-refractivity contribution in [1.29, 1.82) is 0 Å². The zero-order valence-corrected chi connectivity index (χ0v) is 62.7. The lowest BCUT2D eigenvalue weighted by atomic mass is 9.99. The predicted octanol–water partition coefficient (Wildman–Crippen LogP) is 22.9. The van der Waals surface area contributed by atoms with Crippen molar-refractivity contribution >= 4 is 11.9 Å². The van der Waals surface area contributed by atoms with Crippen LogP contribution < -0.4 is 5.32 Å².